The Labute approximate surface area is 151 Å². The van der Waals surface area contributed by atoms with Crippen LogP contribution in [0.3, 0.4) is 0 Å². The number of rotatable bonds is 6. The second kappa shape index (κ2) is 8.67. The first kappa shape index (κ1) is 18.2. The second-order valence-corrected chi connectivity index (χ2v) is 8.24. The Bertz CT molecular complexity index is 527. The topological polar surface area (TPSA) is 3.24 Å². The van der Waals surface area contributed by atoms with Crippen molar-refractivity contribution in [1.29, 1.82) is 0 Å². The van der Waals surface area contributed by atoms with Crippen LogP contribution in [0.4, 0.5) is 4.39 Å². The van der Waals surface area contributed by atoms with Crippen molar-refractivity contribution < 1.29 is 4.39 Å². The lowest BCUT2D eigenvalue weighted by molar-refractivity contribution is 0.246. The van der Waals surface area contributed by atoms with Gasteiger partial charge in [-0.15, -0.1) is 0 Å². The van der Waals surface area contributed by atoms with Crippen LogP contribution in [0.1, 0.15) is 68.9 Å². The molecule has 0 N–H and O–H groups in total. The maximum absolute atomic E-state index is 13.5. The summed E-state index contributed by atoms with van der Waals surface area (Å²) in [4.78, 5) is 2.31. The lowest BCUT2D eigenvalue weighted by Crippen LogP contribution is -2.29. The normalized spacial score (nSPS) is 24.4. The summed E-state index contributed by atoms with van der Waals surface area (Å²) in [6, 6.07) is 6.52. The molecule has 1 aliphatic carbocycles. The van der Waals surface area contributed by atoms with Gasteiger partial charge < -0.3 is 4.90 Å². The highest BCUT2D eigenvalue weighted by molar-refractivity contribution is 6.30. The molecule has 134 valence electrons. The molecule has 1 nitrogen and oxygen atoms in total. The molecule has 2 atom stereocenters. The van der Waals surface area contributed by atoms with Gasteiger partial charge in [-0.3, -0.25) is 0 Å². The van der Waals surface area contributed by atoms with Gasteiger partial charge in [0.25, 0.3) is 0 Å². The largest absolute Gasteiger partial charge is 0.300 e. The molecule has 1 unspecified atom stereocenters. The van der Waals surface area contributed by atoms with Crippen molar-refractivity contribution in [1.82, 2.24) is 4.90 Å². The molecular formula is C21H31ClFN. The van der Waals surface area contributed by atoms with Gasteiger partial charge in [-0.05, 0) is 60.8 Å². The van der Waals surface area contributed by atoms with E-state index in [9.17, 15) is 4.39 Å². The summed E-state index contributed by atoms with van der Waals surface area (Å²) >= 11 is 6.31. The number of halogens is 2. The Hall–Kier alpha value is -0.600. The maximum atomic E-state index is 13.5. The van der Waals surface area contributed by atoms with Gasteiger partial charge in [-0.25, -0.2) is 4.39 Å². The number of hydrogen-bond acceptors (Lipinski definition) is 1. The third-order valence-electron chi connectivity index (χ3n) is 5.97. The van der Waals surface area contributed by atoms with Crippen LogP contribution in [0.15, 0.2) is 18.2 Å². The predicted molar refractivity (Wildman–Crippen MR) is 101 cm³/mol. The minimum atomic E-state index is -0.619. The highest BCUT2D eigenvalue weighted by Crippen LogP contribution is 2.36. The van der Waals surface area contributed by atoms with Gasteiger partial charge in [0.1, 0.15) is 6.17 Å². The van der Waals surface area contributed by atoms with Crippen LogP contribution in [0, 0.1) is 5.92 Å². The fourth-order valence-corrected chi connectivity index (χ4v) is 4.72. The van der Waals surface area contributed by atoms with Crippen LogP contribution in [0.5, 0.6) is 0 Å². The molecule has 0 bridgehead atoms. The molecule has 1 saturated heterocycles. The van der Waals surface area contributed by atoms with Crippen LogP contribution >= 0.6 is 11.6 Å². The Balaban J connectivity index is 1.70. The fourth-order valence-electron chi connectivity index (χ4n) is 4.53. The zero-order chi connectivity index (χ0) is 16.9. The minimum Gasteiger partial charge on any atom is -0.300 e. The highest BCUT2D eigenvalue weighted by atomic mass is 35.5. The summed E-state index contributed by atoms with van der Waals surface area (Å²) in [5.41, 5.74) is 2.97. The van der Waals surface area contributed by atoms with Gasteiger partial charge in [0.05, 0.1) is 0 Å². The van der Waals surface area contributed by atoms with E-state index in [0.717, 1.165) is 31.0 Å². The lowest BCUT2D eigenvalue weighted by Gasteiger charge is -2.27. The van der Waals surface area contributed by atoms with Gasteiger partial charge in [-0.2, -0.15) is 0 Å². The van der Waals surface area contributed by atoms with Gasteiger partial charge in [0.15, 0.2) is 0 Å². The van der Waals surface area contributed by atoms with Crippen molar-refractivity contribution in [3.05, 3.63) is 34.3 Å². The van der Waals surface area contributed by atoms with Crippen LogP contribution in [-0.2, 0) is 6.42 Å². The number of hydrogen-bond donors (Lipinski definition) is 0. The van der Waals surface area contributed by atoms with E-state index in [-0.39, 0.29) is 0 Å². The third kappa shape index (κ3) is 4.73. The molecule has 3 rings (SSSR count). The fraction of sp³-hybridized carbons (Fsp3) is 0.714. The highest BCUT2D eigenvalue weighted by Gasteiger charge is 2.25. The molecule has 1 aromatic carbocycles. The van der Waals surface area contributed by atoms with Crippen molar-refractivity contribution in [2.24, 2.45) is 5.92 Å². The van der Waals surface area contributed by atoms with E-state index in [4.69, 9.17) is 11.6 Å². The molecule has 1 aliphatic heterocycles. The molecule has 0 aromatic heterocycles. The van der Waals surface area contributed by atoms with Crippen molar-refractivity contribution in [3.8, 4) is 0 Å². The van der Waals surface area contributed by atoms with Crippen molar-refractivity contribution >= 4 is 11.6 Å². The summed E-state index contributed by atoms with van der Waals surface area (Å²) in [5.74, 6) is 1.31. The zero-order valence-corrected chi connectivity index (χ0v) is 15.7. The first-order valence-corrected chi connectivity index (χ1v) is 10.2. The summed E-state index contributed by atoms with van der Waals surface area (Å²) in [7, 11) is 0. The Kier molecular flexibility index (Phi) is 6.57. The average Bonchev–Trinajstić information content (AvgIpc) is 3.00. The third-order valence-corrected chi connectivity index (χ3v) is 6.20. The minimum absolute atomic E-state index is 0.594. The van der Waals surface area contributed by atoms with E-state index < -0.39 is 6.17 Å². The van der Waals surface area contributed by atoms with Gasteiger partial charge in [-0.1, -0.05) is 50.3 Å². The quantitative estimate of drug-likeness (QED) is 0.607. The molecule has 24 heavy (non-hydrogen) atoms. The first-order valence-electron chi connectivity index (χ1n) is 9.80. The lowest BCUT2D eigenvalue weighted by atomic mass is 9.80. The average molecular weight is 352 g/mol. The van der Waals surface area contributed by atoms with E-state index in [0.29, 0.717) is 24.8 Å². The molecule has 2 fully saturated rings. The predicted octanol–water partition coefficient (Wildman–Crippen LogP) is 6.00. The smallest absolute Gasteiger partial charge is 0.114 e. The monoisotopic (exact) mass is 351 g/mol. The number of benzene rings is 1. The standard InChI is InChI=1S/C21H31ClFN/c1-2-16(14-24-11-10-20(23)15-24)12-18-13-19(22)8-9-21(18)17-6-4-3-5-7-17/h8-9,13,16-17,20H,2-7,10-12,14-15H2,1H3/t16?,20-/m1/s1. The van der Waals surface area contributed by atoms with Crippen LogP contribution in [0.2, 0.25) is 5.02 Å². The van der Waals surface area contributed by atoms with Crippen LogP contribution in [0.25, 0.3) is 0 Å². The van der Waals surface area contributed by atoms with Crippen molar-refractivity contribution in [2.75, 3.05) is 19.6 Å². The van der Waals surface area contributed by atoms with Gasteiger partial charge >= 0.3 is 0 Å². The molecule has 0 amide bonds. The molecule has 3 heteroatoms. The number of alkyl halides is 1. The van der Waals surface area contributed by atoms with Crippen molar-refractivity contribution in [3.63, 3.8) is 0 Å². The van der Waals surface area contributed by atoms with Gasteiger partial charge in [0, 0.05) is 24.7 Å². The number of nitrogens with zero attached hydrogens (tertiary/aromatic N) is 1. The Morgan fingerprint density at radius 2 is 2.00 bits per heavy atom. The molecule has 1 aromatic rings. The van der Waals surface area contributed by atoms with E-state index in [1.165, 1.54) is 43.2 Å². The number of likely N-dealkylation sites (tertiary alicyclic amines) is 1. The second-order valence-electron chi connectivity index (χ2n) is 7.80. The summed E-state index contributed by atoms with van der Waals surface area (Å²) in [5, 5.41) is 0.851. The van der Waals surface area contributed by atoms with Crippen molar-refractivity contribution in [2.45, 2.75) is 70.4 Å². The summed E-state index contributed by atoms with van der Waals surface area (Å²) < 4.78 is 13.5. The Morgan fingerprint density at radius 1 is 1.21 bits per heavy atom. The Morgan fingerprint density at radius 3 is 2.67 bits per heavy atom. The molecule has 1 saturated carbocycles. The molecule has 1 heterocycles. The van der Waals surface area contributed by atoms with E-state index in [2.05, 4.69) is 30.0 Å². The van der Waals surface area contributed by atoms with E-state index in [1.807, 2.05) is 0 Å². The SMILES string of the molecule is CCC(Cc1cc(Cl)ccc1C1CCCCC1)CN1CC[C@@H](F)C1. The first-order chi connectivity index (χ1) is 11.7. The van der Waals surface area contributed by atoms with E-state index in [1.54, 1.807) is 0 Å². The van der Waals surface area contributed by atoms with Gasteiger partial charge in [0.2, 0.25) is 0 Å². The summed E-state index contributed by atoms with van der Waals surface area (Å²) in [6.07, 6.45) is 9.05. The van der Waals surface area contributed by atoms with Crippen LogP contribution in [-0.4, -0.2) is 30.7 Å². The maximum Gasteiger partial charge on any atom is 0.114 e. The van der Waals surface area contributed by atoms with E-state index >= 15 is 0 Å². The molecule has 2 aliphatic rings. The summed E-state index contributed by atoms with van der Waals surface area (Å²) in [6.45, 7) is 4.83. The van der Waals surface area contributed by atoms with Crippen LogP contribution < -0.4 is 0 Å². The zero-order valence-electron chi connectivity index (χ0n) is 14.9. The molecular weight excluding hydrogens is 321 g/mol. The molecule has 0 radical (unpaired) electrons. The molecule has 0 spiro atoms.